The molecule has 35 heavy (non-hydrogen) atoms. The number of para-hydroxylation sites is 1. The van der Waals surface area contributed by atoms with Crippen molar-refractivity contribution in [1.82, 2.24) is 4.98 Å². The first-order chi connectivity index (χ1) is 17.3. The average Bonchev–Trinajstić information content (AvgIpc) is 3.47. The lowest BCUT2D eigenvalue weighted by Crippen LogP contribution is -2.26. The minimum absolute atomic E-state index is 0.958. The third-order valence-electron chi connectivity index (χ3n) is 8.61. The van der Waals surface area contributed by atoms with E-state index in [4.69, 9.17) is 4.98 Å². The van der Waals surface area contributed by atoms with Gasteiger partial charge in [0.05, 0.1) is 11.4 Å². The molecule has 2 heteroatoms. The summed E-state index contributed by atoms with van der Waals surface area (Å²) >= 11 is 0. The van der Waals surface area contributed by atoms with Crippen LogP contribution in [0.4, 0.5) is 17.2 Å². The Morgan fingerprint density at radius 2 is 1.29 bits per heavy atom. The van der Waals surface area contributed by atoms with Gasteiger partial charge in [-0.05, 0) is 91.7 Å². The summed E-state index contributed by atoms with van der Waals surface area (Å²) in [7, 11) is 0. The highest BCUT2D eigenvalue weighted by molar-refractivity contribution is 5.94. The van der Waals surface area contributed by atoms with Crippen LogP contribution in [0, 0.1) is 0 Å². The largest absolute Gasteiger partial charge is 0.294 e. The Bertz CT molecular complexity index is 1760. The van der Waals surface area contributed by atoms with Crippen molar-refractivity contribution >= 4 is 17.2 Å². The highest BCUT2D eigenvalue weighted by Gasteiger charge is 2.36. The maximum absolute atomic E-state index is 4.88. The van der Waals surface area contributed by atoms with Gasteiger partial charge in [-0.15, -0.1) is 0 Å². The quantitative estimate of drug-likeness (QED) is 0.240. The van der Waals surface area contributed by atoms with E-state index in [1.807, 2.05) is 6.20 Å². The molecule has 164 valence electrons. The van der Waals surface area contributed by atoms with Gasteiger partial charge in [0.2, 0.25) is 0 Å². The van der Waals surface area contributed by atoms with Gasteiger partial charge in [0.1, 0.15) is 5.82 Å². The molecule has 2 nitrogen and oxygen atoms in total. The third kappa shape index (κ3) is 2.23. The van der Waals surface area contributed by atoms with Crippen molar-refractivity contribution in [3.05, 3.63) is 130 Å². The number of nitrogens with zero attached hydrogens (tertiary/aromatic N) is 2. The Balaban J connectivity index is 1.28. The van der Waals surface area contributed by atoms with Crippen LogP contribution in [-0.4, -0.2) is 4.98 Å². The number of rotatable bonds is 0. The van der Waals surface area contributed by atoms with Gasteiger partial charge >= 0.3 is 0 Å². The molecular formula is C33H22N2. The van der Waals surface area contributed by atoms with Gasteiger partial charge in [0, 0.05) is 19.0 Å². The Morgan fingerprint density at radius 3 is 2.26 bits per heavy atom. The number of pyridine rings is 1. The lowest BCUT2D eigenvalue weighted by atomic mass is 9.85. The SMILES string of the molecule is c1ccc2c(c1)Cc1ccc3c(c1-2)Cc1c-3ccc2c1Cc1cccc3c1N2c1ncccc1C3. The summed E-state index contributed by atoms with van der Waals surface area (Å²) in [5.74, 6) is 1.10. The minimum atomic E-state index is 0.958. The highest BCUT2D eigenvalue weighted by atomic mass is 15.2. The van der Waals surface area contributed by atoms with E-state index in [9.17, 15) is 0 Å². The molecule has 2 aliphatic carbocycles. The molecule has 4 aliphatic rings. The fourth-order valence-corrected chi connectivity index (χ4v) is 7.18. The molecule has 0 fully saturated rings. The van der Waals surface area contributed by atoms with Crippen molar-refractivity contribution < 1.29 is 0 Å². The zero-order chi connectivity index (χ0) is 22.7. The van der Waals surface area contributed by atoms with Crippen molar-refractivity contribution in [2.75, 3.05) is 4.90 Å². The van der Waals surface area contributed by atoms with Crippen LogP contribution in [0.15, 0.2) is 85.1 Å². The molecule has 0 unspecified atom stereocenters. The van der Waals surface area contributed by atoms with E-state index < -0.39 is 0 Å². The van der Waals surface area contributed by atoms with Gasteiger partial charge in [-0.2, -0.15) is 0 Å². The second-order valence-corrected chi connectivity index (χ2v) is 10.3. The van der Waals surface area contributed by atoms with Crippen LogP contribution in [0.2, 0.25) is 0 Å². The maximum Gasteiger partial charge on any atom is 0.141 e. The Kier molecular flexibility index (Phi) is 3.27. The summed E-state index contributed by atoms with van der Waals surface area (Å²) in [5.41, 5.74) is 20.0. The summed E-state index contributed by atoms with van der Waals surface area (Å²) in [6.07, 6.45) is 5.96. The predicted molar refractivity (Wildman–Crippen MR) is 141 cm³/mol. The molecule has 0 saturated carbocycles. The zero-order valence-corrected chi connectivity index (χ0v) is 19.3. The smallest absolute Gasteiger partial charge is 0.141 e. The van der Waals surface area contributed by atoms with E-state index >= 15 is 0 Å². The van der Waals surface area contributed by atoms with Crippen LogP contribution in [0.25, 0.3) is 22.3 Å². The molecular weight excluding hydrogens is 424 g/mol. The van der Waals surface area contributed by atoms with Crippen LogP contribution >= 0.6 is 0 Å². The van der Waals surface area contributed by atoms with Crippen LogP contribution in [0.5, 0.6) is 0 Å². The summed E-state index contributed by atoms with van der Waals surface area (Å²) in [4.78, 5) is 7.33. The monoisotopic (exact) mass is 446 g/mol. The first kappa shape index (κ1) is 18.2. The predicted octanol–water partition coefficient (Wildman–Crippen LogP) is 7.50. The lowest BCUT2D eigenvalue weighted by Gasteiger charge is -2.39. The van der Waals surface area contributed by atoms with E-state index in [-0.39, 0.29) is 0 Å². The molecule has 0 radical (unpaired) electrons. The molecule has 9 rings (SSSR count). The van der Waals surface area contributed by atoms with Gasteiger partial charge in [0.15, 0.2) is 0 Å². The molecule has 5 aromatic rings. The number of hydrogen-bond acceptors (Lipinski definition) is 2. The molecule has 3 heterocycles. The van der Waals surface area contributed by atoms with Crippen LogP contribution in [0.3, 0.4) is 0 Å². The van der Waals surface area contributed by atoms with Crippen molar-refractivity contribution in [1.29, 1.82) is 0 Å². The van der Waals surface area contributed by atoms with Crippen LogP contribution in [0.1, 0.15) is 44.5 Å². The van der Waals surface area contributed by atoms with Crippen molar-refractivity contribution in [3.8, 4) is 22.3 Å². The molecule has 0 saturated heterocycles. The molecule has 0 N–H and O–H groups in total. The molecule has 0 spiro atoms. The normalized spacial score (nSPS) is 14.9. The number of aromatic nitrogens is 1. The van der Waals surface area contributed by atoms with Gasteiger partial charge in [-0.1, -0.05) is 66.7 Å². The fourth-order valence-electron chi connectivity index (χ4n) is 7.18. The Labute approximate surface area is 204 Å². The number of fused-ring (bicyclic) bond motifs is 12. The van der Waals surface area contributed by atoms with Gasteiger partial charge in [0.25, 0.3) is 0 Å². The van der Waals surface area contributed by atoms with E-state index in [0.717, 1.165) is 31.5 Å². The van der Waals surface area contributed by atoms with Gasteiger partial charge in [-0.25, -0.2) is 4.98 Å². The number of hydrogen-bond donors (Lipinski definition) is 0. The zero-order valence-electron chi connectivity index (χ0n) is 19.3. The second kappa shape index (κ2) is 6.28. The molecule has 4 aromatic carbocycles. The third-order valence-corrected chi connectivity index (χ3v) is 8.61. The van der Waals surface area contributed by atoms with Crippen molar-refractivity contribution in [3.63, 3.8) is 0 Å². The number of benzene rings is 4. The van der Waals surface area contributed by atoms with Gasteiger partial charge in [-0.3, -0.25) is 4.90 Å². The summed E-state index contributed by atoms with van der Waals surface area (Å²) in [6, 6.07) is 29.6. The molecule has 1 aromatic heterocycles. The maximum atomic E-state index is 4.88. The topological polar surface area (TPSA) is 16.1 Å². The van der Waals surface area contributed by atoms with Gasteiger partial charge < -0.3 is 0 Å². The molecule has 0 amide bonds. The molecule has 0 bridgehead atoms. The van der Waals surface area contributed by atoms with Crippen molar-refractivity contribution in [2.24, 2.45) is 0 Å². The Hall–Kier alpha value is -4.17. The second-order valence-electron chi connectivity index (χ2n) is 10.3. The average molecular weight is 447 g/mol. The standard InChI is InChI=1S/C33H22N2/c1-2-9-24-19(5-1)15-20-10-11-26-25-12-13-30-28(27(25)18-29(26)31(20)24)17-22-7-3-6-21-16-23-8-4-14-34-33(23)35(30)32(21)22/h1-14H,15-18H2. The minimum Gasteiger partial charge on any atom is -0.294 e. The number of anilines is 3. The van der Waals surface area contributed by atoms with Crippen LogP contribution in [-0.2, 0) is 25.7 Å². The molecule has 0 atom stereocenters. The Morgan fingerprint density at radius 1 is 0.514 bits per heavy atom. The van der Waals surface area contributed by atoms with E-state index in [1.165, 1.54) is 78.1 Å². The first-order valence-electron chi connectivity index (χ1n) is 12.6. The summed E-state index contributed by atoms with van der Waals surface area (Å²) in [5, 5.41) is 0. The van der Waals surface area contributed by atoms with Crippen molar-refractivity contribution in [2.45, 2.75) is 25.7 Å². The van der Waals surface area contributed by atoms with E-state index in [0.29, 0.717) is 0 Å². The summed E-state index contributed by atoms with van der Waals surface area (Å²) in [6.45, 7) is 0. The highest BCUT2D eigenvalue weighted by Crippen LogP contribution is 2.54. The summed E-state index contributed by atoms with van der Waals surface area (Å²) < 4.78 is 0. The van der Waals surface area contributed by atoms with E-state index in [2.05, 4.69) is 83.8 Å². The van der Waals surface area contributed by atoms with Crippen LogP contribution < -0.4 is 4.90 Å². The first-order valence-corrected chi connectivity index (χ1v) is 12.6. The fraction of sp³-hybridized carbons (Fsp3) is 0.121. The molecule has 2 aliphatic heterocycles. The van der Waals surface area contributed by atoms with E-state index in [1.54, 1.807) is 0 Å². The lowest BCUT2D eigenvalue weighted by molar-refractivity contribution is 0.971.